The van der Waals surface area contributed by atoms with Gasteiger partial charge in [0.25, 0.3) is 5.91 Å². The summed E-state index contributed by atoms with van der Waals surface area (Å²) >= 11 is 0. The smallest absolute Gasteiger partial charge is 0.306 e. The first-order valence-electron chi connectivity index (χ1n) is 5.59. The molecular formula is C11H17NO3. The Labute approximate surface area is 89.2 Å². The quantitative estimate of drug-likeness (QED) is 0.700. The summed E-state index contributed by atoms with van der Waals surface area (Å²) < 4.78 is 4.76. The number of esters is 1. The summed E-state index contributed by atoms with van der Waals surface area (Å²) in [4.78, 5) is 21.8. The summed E-state index contributed by atoms with van der Waals surface area (Å²) in [6, 6.07) is 0. The molecule has 0 aromatic carbocycles. The normalized spacial score (nSPS) is 32.9. The number of hydrogen-bond donors (Lipinski definition) is 1. The van der Waals surface area contributed by atoms with Gasteiger partial charge in [0.1, 0.15) is 0 Å². The van der Waals surface area contributed by atoms with Crippen LogP contribution in [0.4, 0.5) is 0 Å². The highest BCUT2D eigenvalue weighted by molar-refractivity contribution is 5.79. The molecule has 4 heteroatoms. The lowest BCUT2D eigenvalue weighted by atomic mass is 9.86. The number of nitrogens with two attached hydrogens (primary N) is 1. The maximum Gasteiger partial charge on any atom is 0.306 e. The number of rotatable bonds is 4. The van der Waals surface area contributed by atoms with Crippen molar-refractivity contribution in [3.8, 4) is 0 Å². The van der Waals surface area contributed by atoms with Gasteiger partial charge in [0.2, 0.25) is 0 Å². The molecule has 15 heavy (non-hydrogen) atoms. The first kappa shape index (κ1) is 10.5. The SMILES string of the molecule is NC(=O)COC(=O)C[C@H]1C[C@H]2CC[C@@H]1C2. The van der Waals surface area contributed by atoms with E-state index in [9.17, 15) is 9.59 Å². The van der Waals surface area contributed by atoms with Crippen molar-refractivity contribution in [1.82, 2.24) is 0 Å². The molecular weight excluding hydrogens is 194 g/mol. The lowest BCUT2D eigenvalue weighted by Crippen LogP contribution is -2.23. The molecule has 0 heterocycles. The van der Waals surface area contributed by atoms with Gasteiger partial charge in [0, 0.05) is 6.42 Å². The highest BCUT2D eigenvalue weighted by Gasteiger charge is 2.40. The van der Waals surface area contributed by atoms with Crippen molar-refractivity contribution in [2.45, 2.75) is 32.1 Å². The van der Waals surface area contributed by atoms with E-state index < -0.39 is 5.91 Å². The van der Waals surface area contributed by atoms with Crippen molar-refractivity contribution in [3.63, 3.8) is 0 Å². The number of carbonyl (C=O) groups excluding carboxylic acids is 2. The second kappa shape index (κ2) is 4.21. The molecule has 2 aliphatic carbocycles. The van der Waals surface area contributed by atoms with E-state index >= 15 is 0 Å². The van der Waals surface area contributed by atoms with Gasteiger partial charge < -0.3 is 10.5 Å². The zero-order valence-electron chi connectivity index (χ0n) is 8.78. The zero-order valence-corrected chi connectivity index (χ0v) is 8.78. The summed E-state index contributed by atoms with van der Waals surface area (Å²) in [6.07, 6.45) is 5.51. The molecule has 2 fully saturated rings. The van der Waals surface area contributed by atoms with Gasteiger partial charge in [-0.1, -0.05) is 6.42 Å². The summed E-state index contributed by atoms with van der Waals surface area (Å²) in [5.41, 5.74) is 4.89. The van der Waals surface area contributed by atoms with E-state index in [0.717, 1.165) is 18.3 Å². The van der Waals surface area contributed by atoms with E-state index in [1.807, 2.05) is 0 Å². The summed E-state index contributed by atoms with van der Waals surface area (Å²) in [5, 5.41) is 0. The number of primary amides is 1. The molecule has 2 N–H and O–H groups in total. The molecule has 0 radical (unpaired) electrons. The average molecular weight is 211 g/mol. The van der Waals surface area contributed by atoms with Gasteiger partial charge in [-0.15, -0.1) is 0 Å². The van der Waals surface area contributed by atoms with Gasteiger partial charge >= 0.3 is 5.97 Å². The van der Waals surface area contributed by atoms with Crippen LogP contribution in [0.5, 0.6) is 0 Å². The van der Waals surface area contributed by atoms with E-state index in [-0.39, 0.29) is 12.6 Å². The first-order valence-corrected chi connectivity index (χ1v) is 5.59. The van der Waals surface area contributed by atoms with Crippen LogP contribution in [0.3, 0.4) is 0 Å². The van der Waals surface area contributed by atoms with Gasteiger partial charge in [-0.3, -0.25) is 9.59 Å². The molecule has 0 spiro atoms. The zero-order chi connectivity index (χ0) is 10.8. The predicted molar refractivity (Wildman–Crippen MR) is 53.7 cm³/mol. The summed E-state index contributed by atoms with van der Waals surface area (Å²) in [7, 11) is 0. The van der Waals surface area contributed by atoms with Gasteiger partial charge in [0.15, 0.2) is 6.61 Å². The molecule has 0 aromatic heterocycles. The lowest BCUT2D eigenvalue weighted by molar-refractivity contribution is -0.149. The van der Waals surface area contributed by atoms with Crippen LogP contribution < -0.4 is 5.73 Å². The fourth-order valence-electron chi connectivity index (χ4n) is 3.05. The summed E-state index contributed by atoms with van der Waals surface area (Å²) in [6.45, 7) is -0.278. The number of amides is 1. The molecule has 84 valence electrons. The molecule has 2 saturated carbocycles. The fourth-order valence-corrected chi connectivity index (χ4v) is 3.05. The Morgan fingerprint density at radius 3 is 2.60 bits per heavy atom. The van der Waals surface area contributed by atoms with Crippen molar-refractivity contribution in [3.05, 3.63) is 0 Å². The van der Waals surface area contributed by atoms with Crippen molar-refractivity contribution < 1.29 is 14.3 Å². The van der Waals surface area contributed by atoms with Crippen molar-refractivity contribution in [2.75, 3.05) is 6.61 Å². The van der Waals surface area contributed by atoms with E-state index in [4.69, 9.17) is 10.5 Å². The van der Waals surface area contributed by atoms with Crippen LogP contribution in [-0.4, -0.2) is 18.5 Å². The Bertz CT molecular complexity index is 277. The Balaban J connectivity index is 1.73. The van der Waals surface area contributed by atoms with Crippen LogP contribution in [0.25, 0.3) is 0 Å². The molecule has 0 aliphatic heterocycles. The largest absolute Gasteiger partial charge is 0.456 e. The Kier molecular flexibility index (Phi) is 2.93. The van der Waals surface area contributed by atoms with Crippen LogP contribution in [0, 0.1) is 17.8 Å². The molecule has 0 unspecified atom stereocenters. The molecule has 2 aliphatic rings. The third-order valence-corrected chi connectivity index (χ3v) is 3.69. The Hall–Kier alpha value is -1.06. The van der Waals surface area contributed by atoms with Gasteiger partial charge in [-0.2, -0.15) is 0 Å². The van der Waals surface area contributed by atoms with Crippen LogP contribution in [0.1, 0.15) is 32.1 Å². The first-order chi connectivity index (χ1) is 7.15. The maximum absolute atomic E-state index is 11.3. The molecule has 3 atom stereocenters. The minimum Gasteiger partial charge on any atom is -0.456 e. The molecule has 4 nitrogen and oxygen atoms in total. The maximum atomic E-state index is 11.3. The van der Waals surface area contributed by atoms with Crippen LogP contribution >= 0.6 is 0 Å². The molecule has 0 aromatic rings. The van der Waals surface area contributed by atoms with E-state index in [1.54, 1.807) is 0 Å². The van der Waals surface area contributed by atoms with E-state index in [2.05, 4.69) is 0 Å². The Morgan fingerprint density at radius 1 is 1.27 bits per heavy atom. The monoisotopic (exact) mass is 211 g/mol. The topological polar surface area (TPSA) is 69.4 Å². The van der Waals surface area contributed by atoms with Crippen molar-refractivity contribution >= 4 is 11.9 Å². The molecule has 1 amide bonds. The fraction of sp³-hybridized carbons (Fsp3) is 0.818. The molecule has 0 saturated heterocycles. The van der Waals surface area contributed by atoms with E-state index in [0.29, 0.717) is 12.3 Å². The standard InChI is InChI=1S/C11H17NO3/c12-10(13)6-15-11(14)5-9-4-7-1-2-8(9)3-7/h7-9H,1-6H2,(H2,12,13)/t7-,8+,9+/m0/s1. The second-order valence-corrected chi connectivity index (χ2v) is 4.77. The van der Waals surface area contributed by atoms with Crippen molar-refractivity contribution in [1.29, 1.82) is 0 Å². The van der Waals surface area contributed by atoms with Gasteiger partial charge in [-0.05, 0) is 37.0 Å². The van der Waals surface area contributed by atoms with Crippen LogP contribution in [-0.2, 0) is 14.3 Å². The highest BCUT2D eigenvalue weighted by Crippen LogP contribution is 2.49. The number of ether oxygens (including phenoxy) is 1. The highest BCUT2D eigenvalue weighted by atomic mass is 16.5. The van der Waals surface area contributed by atoms with Crippen molar-refractivity contribution in [2.24, 2.45) is 23.5 Å². The molecule has 2 bridgehead atoms. The van der Waals surface area contributed by atoms with Crippen LogP contribution in [0.2, 0.25) is 0 Å². The minimum absolute atomic E-state index is 0.272. The average Bonchev–Trinajstić information content (AvgIpc) is 2.76. The second-order valence-electron chi connectivity index (χ2n) is 4.77. The van der Waals surface area contributed by atoms with E-state index in [1.165, 1.54) is 19.3 Å². The Morgan fingerprint density at radius 2 is 2.07 bits per heavy atom. The third kappa shape index (κ3) is 2.49. The predicted octanol–water partition coefficient (Wildman–Crippen LogP) is 0.841. The van der Waals surface area contributed by atoms with Gasteiger partial charge in [-0.25, -0.2) is 0 Å². The molecule has 2 rings (SSSR count). The van der Waals surface area contributed by atoms with Gasteiger partial charge in [0.05, 0.1) is 0 Å². The van der Waals surface area contributed by atoms with Crippen LogP contribution in [0.15, 0.2) is 0 Å². The minimum atomic E-state index is -0.587. The lowest BCUT2D eigenvalue weighted by Gasteiger charge is -2.20. The number of fused-ring (bicyclic) bond motifs is 2. The number of carbonyl (C=O) groups is 2. The summed E-state index contributed by atoms with van der Waals surface area (Å²) in [5.74, 6) is 1.19. The third-order valence-electron chi connectivity index (χ3n) is 3.69. The number of hydrogen-bond acceptors (Lipinski definition) is 3.